The van der Waals surface area contributed by atoms with Crippen LogP contribution in [0.5, 0.6) is 11.5 Å². The summed E-state index contributed by atoms with van der Waals surface area (Å²) >= 11 is 0. The molecule has 0 radical (unpaired) electrons. The van der Waals surface area contributed by atoms with E-state index in [0.29, 0.717) is 24.0 Å². The lowest BCUT2D eigenvalue weighted by molar-refractivity contribution is 0.0872. The Morgan fingerprint density at radius 1 is 1.21 bits per heavy atom. The summed E-state index contributed by atoms with van der Waals surface area (Å²) in [6, 6.07) is 1.92. The summed E-state index contributed by atoms with van der Waals surface area (Å²) in [4.78, 5) is 14.7. The largest absolute Gasteiger partial charge is 0.508 e. The first-order valence-corrected chi connectivity index (χ1v) is 10.9. The number of rotatable bonds is 10. The zero-order valence-corrected chi connectivity index (χ0v) is 18.7. The van der Waals surface area contributed by atoms with E-state index in [1.807, 2.05) is 13.0 Å². The fraction of sp³-hybridized carbons (Fsp3) is 0.560. The number of phenolic OH excluding ortho intramolecular Hbond substituents is 2. The summed E-state index contributed by atoms with van der Waals surface area (Å²) in [5.74, 6) is -0.0845. The van der Waals surface area contributed by atoms with Crippen molar-refractivity contribution in [2.24, 2.45) is 0 Å². The second kappa shape index (κ2) is 10.5. The monoisotopic (exact) mass is 399 g/mol. The van der Waals surface area contributed by atoms with Crippen LogP contribution in [0.3, 0.4) is 0 Å². The molecule has 29 heavy (non-hydrogen) atoms. The molecular weight excluding hydrogens is 362 g/mol. The molecular formula is C25H37NO3. The van der Waals surface area contributed by atoms with Gasteiger partial charge in [-0.25, -0.2) is 0 Å². The molecule has 1 amide bonds. The van der Waals surface area contributed by atoms with Crippen LogP contribution in [0.4, 0.5) is 0 Å². The molecule has 1 saturated heterocycles. The summed E-state index contributed by atoms with van der Waals surface area (Å²) in [7, 11) is 0. The van der Waals surface area contributed by atoms with Crippen molar-refractivity contribution in [2.45, 2.75) is 85.6 Å². The van der Waals surface area contributed by atoms with E-state index < -0.39 is 0 Å². The average molecular weight is 400 g/mol. The second-order valence-corrected chi connectivity index (χ2v) is 8.60. The third kappa shape index (κ3) is 6.38. The van der Waals surface area contributed by atoms with Crippen molar-refractivity contribution in [1.29, 1.82) is 0 Å². The molecule has 0 aliphatic carbocycles. The number of amides is 1. The number of carbonyl (C=O) groups excluding carboxylic acids is 1. The molecule has 160 valence electrons. The smallest absolute Gasteiger partial charge is 0.258 e. The standard InChI is InChI=1S/C25H37NO3/c1-6-7-8-12-20-15-22(27)21(14-13-18(4)11-9-10-17(2)3)24(28)23(20)25(29)26-16-19(26)5/h10,13,15,19,27-28H,6-9,11-12,14,16H2,1-5H3/b18-13+/t19-,26?/m0/s1. The maximum Gasteiger partial charge on any atom is 0.258 e. The summed E-state index contributed by atoms with van der Waals surface area (Å²) in [6.45, 7) is 11.1. The number of unbranched alkanes of at least 4 members (excludes halogenated alkanes) is 2. The van der Waals surface area contributed by atoms with Crippen molar-refractivity contribution >= 4 is 5.91 Å². The third-order valence-corrected chi connectivity index (χ3v) is 5.59. The highest BCUT2D eigenvalue weighted by Crippen LogP contribution is 2.37. The van der Waals surface area contributed by atoms with Gasteiger partial charge in [-0.05, 0) is 71.4 Å². The van der Waals surface area contributed by atoms with Crippen LogP contribution in [-0.4, -0.2) is 33.6 Å². The van der Waals surface area contributed by atoms with E-state index in [1.165, 1.54) is 11.1 Å². The van der Waals surface area contributed by atoms with E-state index in [4.69, 9.17) is 0 Å². The van der Waals surface area contributed by atoms with Crippen molar-refractivity contribution in [1.82, 2.24) is 4.90 Å². The Balaban J connectivity index is 2.28. The number of aryl methyl sites for hydroxylation is 1. The number of nitrogens with zero attached hydrogens (tertiary/aromatic N) is 1. The van der Waals surface area contributed by atoms with Gasteiger partial charge in [-0.1, -0.05) is 43.1 Å². The van der Waals surface area contributed by atoms with Gasteiger partial charge in [-0.3, -0.25) is 4.79 Å². The molecule has 0 bridgehead atoms. The molecule has 0 aromatic heterocycles. The molecule has 1 aromatic rings. The van der Waals surface area contributed by atoms with Gasteiger partial charge < -0.3 is 15.1 Å². The van der Waals surface area contributed by atoms with E-state index in [9.17, 15) is 15.0 Å². The predicted molar refractivity (Wildman–Crippen MR) is 120 cm³/mol. The van der Waals surface area contributed by atoms with E-state index in [1.54, 1.807) is 11.0 Å². The molecule has 1 aliphatic heterocycles. The molecule has 1 aliphatic rings. The molecule has 4 heteroatoms. The van der Waals surface area contributed by atoms with Gasteiger partial charge in [0.25, 0.3) is 5.91 Å². The SMILES string of the molecule is CCCCCc1cc(O)c(C/C=C(\C)CCC=C(C)C)c(O)c1C(=O)N1C[C@@H]1C. The number of hydrogen-bond donors (Lipinski definition) is 2. The van der Waals surface area contributed by atoms with Crippen LogP contribution in [-0.2, 0) is 12.8 Å². The summed E-state index contributed by atoms with van der Waals surface area (Å²) < 4.78 is 0. The molecule has 0 spiro atoms. The molecule has 1 atom stereocenters. The first-order valence-electron chi connectivity index (χ1n) is 10.9. The first-order chi connectivity index (χ1) is 13.8. The highest BCUT2D eigenvalue weighted by Gasteiger charge is 2.37. The Morgan fingerprint density at radius 2 is 1.90 bits per heavy atom. The molecule has 2 rings (SSSR count). The van der Waals surface area contributed by atoms with Gasteiger partial charge in [0, 0.05) is 18.2 Å². The number of hydrogen-bond acceptors (Lipinski definition) is 3. The topological polar surface area (TPSA) is 60.5 Å². The van der Waals surface area contributed by atoms with E-state index >= 15 is 0 Å². The van der Waals surface area contributed by atoms with Gasteiger partial charge in [-0.15, -0.1) is 0 Å². The zero-order valence-electron chi connectivity index (χ0n) is 18.7. The van der Waals surface area contributed by atoms with Crippen LogP contribution in [0.1, 0.15) is 88.2 Å². The van der Waals surface area contributed by atoms with E-state index in [0.717, 1.165) is 44.2 Å². The highest BCUT2D eigenvalue weighted by atomic mass is 16.3. The number of phenols is 2. The van der Waals surface area contributed by atoms with Crippen molar-refractivity contribution in [3.05, 3.63) is 46.1 Å². The third-order valence-electron chi connectivity index (χ3n) is 5.59. The van der Waals surface area contributed by atoms with Gasteiger partial charge in [0.15, 0.2) is 0 Å². The minimum Gasteiger partial charge on any atom is -0.508 e. The minimum atomic E-state index is -0.119. The minimum absolute atomic E-state index is 0.0473. The number of benzene rings is 1. The maximum atomic E-state index is 13.0. The van der Waals surface area contributed by atoms with Gasteiger partial charge in [0.05, 0.1) is 5.56 Å². The molecule has 2 N–H and O–H groups in total. The Hall–Kier alpha value is -2.23. The molecule has 0 saturated carbocycles. The molecule has 1 fully saturated rings. The van der Waals surface area contributed by atoms with Gasteiger partial charge >= 0.3 is 0 Å². The Labute approximate surface area is 175 Å². The Morgan fingerprint density at radius 3 is 2.48 bits per heavy atom. The van der Waals surface area contributed by atoms with Crippen molar-refractivity contribution in [3.8, 4) is 11.5 Å². The molecule has 0 unspecified atom stereocenters. The molecule has 4 nitrogen and oxygen atoms in total. The lowest BCUT2D eigenvalue weighted by Gasteiger charge is -2.16. The normalized spacial score (nSPS) is 16.1. The van der Waals surface area contributed by atoms with Crippen LogP contribution in [0, 0.1) is 0 Å². The fourth-order valence-corrected chi connectivity index (χ4v) is 3.58. The summed E-state index contributed by atoms with van der Waals surface area (Å²) in [6.07, 6.45) is 10.4. The second-order valence-electron chi connectivity index (χ2n) is 8.60. The van der Waals surface area contributed by atoms with E-state index in [-0.39, 0.29) is 23.4 Å². The quantitative estimate of drug-likeness (QED) is 0.292. The number of carbonyl (C=O) groups is 1. The highest BCUT2D eigenvalue weighted by molar-refractivity contribution is 6.00. The average Bonchev–Trinajstić information content (AvgIpc) is 3.37. The van der Waals surface area contributed by atoms with Crippen molar-refractivity contribution in [3.63, 3.8) is 0 Å². The van der Waals surface area contributed by atoms with Gasteiger partial charge in [0.2, 0.25) is 0 Å². The lowest BCUT2D eigenvalue weighted by Crippen LogP contribution is -2.16. The number of allylic oxidation sites excluding steroid dienone is 4. The van der Waals surface area contributed by atoms with Crippen molar-refractivity contribution < 1.29 is 15.0 Å². The van der Waals surface area contributed by atoms with Gasteiger partial charge in [0.1, 0.15) is 11.5 Å². The first kappa shape index (κ1) is 23.1. The van der Waals surface area contributed by atoms with Crippen LogP contribution >= 0.6 is 0 Å². The molecule has 1 aromatic carbocycles. The van der Waals surface area contributed by atoms with E-state index in [2.05, 4.69) is 33.8 Å². The maximum absolute atomic E-state index is 13.0. The summed E-state index contributed by atoms with van der Waals surface area (Å²) in [5, 5.41) is 21.5. The van der Waals surface area contributed by atoms with Crippen LogP contribution < -0.4 is 0 Å². The fourth-order valence-electron chi connectivity index (χ4n) is 3.58. The lowest BCUT2D eigenvalue weighted by atomic mass is 9.94. The van der Waals surface area contributed by atoms with Gasteiger partial charge in [-0.2, -0.15) is 0 Å². The van der Waals surface area contributed by atoms with Crippen LogP contribution in [0.2, 0.25) is 0 Å². The Bertz CT molecular complexity index is 788. The van der Waals surface area contributed by atoms with Crippen LogP contribution in [0.15, 0.2) is 29.4 Å². The van der Waals surface area contributed by atoms with Crippen LogP contribution in [0.25, 0.3) is 0 Å². The number of aromatic hydroxyl groups is 2. The summed E-state index contributed by atoms with van der Waals surface area (Å²) in [5.41, 5.74) is 4.10. The zero-order chi connectivity index (χ0) is 21.6. The Kier molecular flexibility index (Phi) is 8.36. The molecule has 1 heterocycles. The van der Waals surface area contributed by atoms with Crippen molar-refractivity contribution in [2.75, 3.05) is 6.54 Å². The predicted octanol–water partition coefficient (Wildman–Crippen LogP) is 5.91.